The first-order chi connectivity index (χ1) is 16.0. The van der Waals surface area contributed by atoms with Crippen molar-refractivity contribution in [2.75, 3.05) is 23.3 Å². The quantitative estimate of drug-likeness (QED) is 0.498. The van der Waals surface area contributed by atoms with Crippen molar-refractivity contribution in [1.29, 1.82) is 0 Å². The molecule has 2 aromatic carbocycles. The Bertz CT molecular complexity index is 1080. The minimum Gasteiger partial charge on any atom is -0.354 e. The molecule has 1 heterocycles. The van der Waals surface area contributed by atoms with E-state index in [-0.39, 0.29) is 36.9 Å². The second kappa shape index (κ2) is 12.1. The highest BCUT2D eigenvalue weighted by molar-refractivity contribution is 6.01. The van der Waals surface area contributed by atoms with E-state index >= 15 is 0 Å². The average molecular weight is 448 g/mol. The molecule has 0 saturated carbocycles. The van der Waals surface area contributed by atoms with Crippen molar-refractivity contribution in [2.24, 2.45) is 0 Å². The zero-order chi connectivity index (χ0) is 23.5. The van der Waals surface area contributed by atoms with E-state index in [1.807, 2.05) is 30.3 Å². The van der Waals surface area contributed by atoms with Crippen LogP contribution in [-0.4, -0.2) is 35.8 Å². The Labute approximate surface area is 191 Å². The largest absolute Gasteiger partial charge is 0.354 e. The van der Waals surface area contributed by atoms with Crippen LogP contribution < -0.4 is 15.5 Å². The number of nitrogens with zero attached hydrogens (tertiary/aromatic N) is 2. The molecule has 0 fully saturated rings. The van der Waals surface area contributed by atoms with Crippen LogP contribution in [0.5, 0.6) is 0 Å². The Morgan fingerprint density at radius 3 is 2.39 bits per heavy atom. The summed E-state index contributed by atoms with van der Waals surface area (Å²) in [6.07, 6.45) is 1.94. The maximum absolute atomic E-state index is 13.8. The van der Waals surface area contributed by atoms with Gasteiger partial charge in [0.15, 0.2) is 0 Å². The van der Waals surface area contributed by atoms with Gasteiger partial charge in [0.1, 0.15) is 18.2 Å². The van der Waals surface area contributed by atoms with E-state index in [9.17, 15) is 18.8 Å². The number of hydrogen-bond acceptors (Lipinski definition) is 4. The van der Waals surface area contributed by atoms with Gasteiger partial charge in [0.2, 0.25) is 17.7 Å². The number of carbonyl (C=O) groups is 3. The monoisotopic (exact) mass is 448 g/mol. The molecule has 0 aliphatic carbocycles. The lowest BCUT2D eigenvalue weighted by molar-refractivity contribution is -0.125. The number of aromatic nitrogens is 1. The summed E-state index contributed by atoms with van der Waals surface area (Å²) in [6, 6.07) is 20.2. The number of carbonyl (C=O) groups excluding carboxylic acids is 3. The highest BCUT2D eigenvalue weighted by Crippen LogP contribution is 2.17. The number of rotatable bonds is 10. The molecule has 0 aliphatic heterocycles. The van der Waals surface area contributed by atoms with Gasteiger partial charge in [-0.1, -0.05) is 42.5 Å². The third-order valence-electron chi connectivity index (χ3n) is 4.80. The predicted octanol–water partition coefficient (Wildman–Crippen LogP) is 3.33. The molecule has 1 aromatic heterocycles. The maximum atomic E-state index is 13.8. The van der Waals surface area contributed by atoms with Crippen molar-refractivity contribution in [3.63, 3.8) is 0 Å². The minimum absolute atomic E-state index is 0.100. The second-order valence-corrected chi connectivity index (χ2v) is 7.31. The van der Waals surface area contributed by atoms with Crippen molar-refractivity contribution in [3.05, 3.63) is 90.4 Å². The SMILES string of the molecule is O=C(CN(C(=O)CCC(=O)Nc1ccccn1)c1cccc(F)c1)NCCc1ccccc1. The zero-order valence-corrected chi connectivity index (χ0v) is 18.0. The molecule has 3 rings (SSSR count). The number of amides is 3. The van der Waals surface area contributed by atoms with Crippen LogP contribution in [0.25, 0.3) is 0 Å². The van der Waals surface area contributed by atoms with Gasteiger partial charge in [-0.05, 0) is 42.3 Å². The van der Waals surface area contributed by atoms with Crippen LogP contribution >= 0.6 is 0 Å². The first kappa shape index (κ1) is 23.6. The van der Waals surface area contributed by atoms with Crippen LogP contribution in [0.3, 0.4) is 0 Å². The topological polar surface area (TPSA) is 91.4 Å². The van der Waals surface area contributed by atoms with Crippen molar-refractivity contribution >= 4 is 29.2 Å². The van der Waals surface area contributed by atoms with Crippen LogP contribution in [0.15, 0.2) is 79.0 Å². The number of nitrogens with one attached hydrogen (secondary N) is 2. The van der Waals surface area contributed by atoms with Gasteiger partial charge in [0.25, 0.3) is 0 Å². The third-order valence-corrected chi connectivity index (χ3v) is 4.80. The number of anilines is 2. The molecule has 0 radical (unpaired) electrons. The van der Waals surface area contributed by atoms with Gasteiger partial charge in [0, 0.05) is 31.3 Å². The van der Waals surface area contributed by atoms with E-state index in [2.05, 4.69) is 15.6 Å². The molecule has 2 N–H and O–H groups in total. The van der Waals surface area contributed by atoms with Crippen molar-refractivity contribution in [1.82, 2.24) is 10.3 Å². The summed E-state index contributed by atoms with van der Waals surface area (Å²) in [5.41, 5.74) is 1.33. The van der Waals surface area contributed by atoms with Crippen molar-refractivity contribution in [2.45, 2.75) is 19.3 Å². The molecular weight excluding hydrogens is 423 g/mol. The van der Waals surface area contributed by atoms with Gasteiger partial charge in [-0.15, -0.1) is 0 Å². The van der Waals surface area contributed by atoms with Gasteiger partial charge in [-0.3, -0.25) is 14.4 Å². The fourth-order valence-corrected chi connectivity index (χ4v) is 3.16. The lowest BCUT2D eigenvalue weighted by atomic mass is 10.1. The number of hydrogen-bond donors (Lipinski definition) is 2. The summed E-state index contributed by atoms with van der Waals surface area (Å²) in [7, 11) is 0. The van der Waals surface area contributed by atoms with Crippen molar-refractivity contribution < 1.29 is 18.8 Å². The van der Waals surface area contributed by atoms with Crippen LogP contribution in [0.4, 0.5) is 15.9 Å². The van der Waals surface area contributed by atoms with Crippen LogP contribution in [-0.2, 0) is 20.8 Å². The summed E-state index contributed by atoms with van der Waals surface area (Å²) < 4.78 is 13.8. The highest BCUT2D eigenvalue weighted by atomic mass is 19.1. The lowest BCUT2D eigenvalue weighted by Crippen LogP contribution is -2.41. The molecule has 7 nitrogen and oxygen atoms in total. The van der Waals surface area contributed by atoms with Gasteiger partial charge >= 0.3 is 0 Å². The molecule has 0 unspecified atom stereocenters. The summed E-state index contributed by atoms with van der Waals surface area (Å²) in [5.74, 6) is -1.36. The first-order valence-electron chi connectivity index (χ1n) is 10.6. The van der Waals surface area contributed by atoms with Crippen LogP contribution in [0.1, 0.15) is 18.4 Å². The standard InChI is InChI=1S/C25H25FN4O3/c26-20-9-6-10-21(17-20)30(18-24(32)28-16-14-19-7-2-1-3-8-19)25(33)13-12-23(31)29-22-11-4-5-15-27-22/h1-11,15,17H,12-14,16,18H2,(H,28,32)(H,27,29,31). The molecule has 3 aromatic rings. The molecule has 0 bridgehead atoms. The Morgan fingerprint density at radius 2 is 1.67 bits per heavy atom. The Kier molecular flexibility index (Phi) is 8.64. The van der Waals surface area contributed by atoms with E-state index in [0.29, 0.717) is 18.8 Å². The Balaban J connectivity index is 1.58. The lowest BCUT2D eigenvalue weighted by Gasteiger charge is -2.22. The second-order valence-electron chi connectivity index (χ2n) is 7.31. The van der Waals surface area contributed by atoms with E-state index < -0.39 is 11.7 Å². The Hall–Kier alpha value is -4.07. The molecule has 0 saturated heterocycles. The first-order valence-corrected chi connectivity index (χ1v) is 10.6. The average Bonchev–Trinajstić information content (AvgIpc) is 2.82. The predicted molar refractivity (Wildman–Crippen MR) is 124 cm³/mol. The number of pyridine rings is 1. The summed E-state index contributed by atoms with van der Waals surface area (Å²) >= 11 is 0. The van der Waals surface area contributed by atoms with E-state index in [4.69, 9.17) is 0 Å². The van der Waals surface area contributed by atoms with Gasteiger partial charge in [-0.2, -0.15) is 0 Å². The molecular formula is C25H25FN4O3. The van der Waals surface area contributed by atoms with Gasteiger partial charge in [-0.25, -0.2) is 9.37 Å². The molecule has 8 heteroatoms. The summed E-state index contributed by atoms with van der Waals surface area (Å²) in [4.78, 5) is 42.7. The fraction of sp³-hybridized carbons (Fsp3) is 0.200. The molecule has 33 heavy (non-hydrogen) atoms. The summed E-state index contributed by atoms with van der Waals surface area (Å²) in [5, 5.41) is 5.39. The van der Waals surface area contributed by atoms with E-state index in [1.54, 1.807) is 30.5 Å². The molecule has 0 atom stereocenters. The molecule has 0 aliphatic rings. The van der Waals surface area contributed by atoms with Gasteiger partial charge in [0.05, 0.1) is 0 Å². The normalized spacial score (nSPS) is 10.3. The van der Waals surface area contributed by atoms with Crippen LogP contribution in [0, 0.1) is 5.82 Å². The fourth-order valence-electron chi connectivity index (χ4n) is 3.16. The molecule has 170 valence electrons. The smallest absolute Gasteiger partial charge is 0.240 e. The maximum Gasteiger partial charge on any atom is 0.240 e. The number of benzene rings is 2. The van der Waals surface area contributed by atoms with Gasteiger partial charge < -0.3 is 15.5 Å². The van der Waals surface area contributed by atoms with E-state index in [1.165, 1.54) is 23.1 Å². The summed E-state index contributed by atoms with van der Waals surface area (Å²) in [6.45, 7) is 0.124. The minimum atomic E-state index is -0.525. The highest BCUT2D eigenvalue weighted by Gasteiger charge is 2.20. The molecule has 0 spiro atoms. The van der Waals surface area contributed by atoms with Crippen molar-refractivity contribution in [3.8, 4) is 0 Å². The third kappa shape index (κ3) is 7.84. The Morgan fingerprint density at radius 1 is 0.879 bits per heavy atom. The number of halogens is 1. The molecule has 3 amide bonds. The van der Waals surface area contributed by atoms with E-state index in [0.717, 1.165) is 5.56 Å². The zero-order valence-electron chi connectivity index (χ0n) is 18.0. The van der Waals surface area contributed by atoms with Crippen LogP contribution in [0.2, 0.25) is 0 Å².